The number of hydrogen-bond donors (Lipinski definition) is 1. The van der Waals surface area contributed by atoms with Gasteiger partial charge in [-0.15, -0.1) is 0 Å². The Hall–Kier alpha value is -1.99. The van der Waals surface area contributed by atoms with E-state index in [-0.39, 0.29) is 0 Å². The molecule has 0 aliphatic carbocycles. The quantitative estimate of drug-likeness (QED) is 0.673. The Morgan fingerprint density at radius 3 is 2.46 bits per heavy atom. The minimum atomic E-state index is -0.460. The molecule has 1 aromatic heterocycles. The van der Waals surface area contributed by atoms with E-state index in [0.29, 0.717) is 19.8 Å². The molecule has 152 valence electrons. The van der Waals surface area contributed by atoms with Gasteiger partial charge in [0.25, 0.3) is 0 Å². The minimum Gasteiger partial charge on any atom is -0.497 e. The van der Waals surface area contributed by atoms with Crippen LogP contribution in [0.2, 0.25) is 0 Å². The molecule has 6 nitrogen and oxygen atoms in total. The Balaban J connectivity index is 1.28. The summed E-state index contributed by atoms with van der Waals surface area (Å²) in [7, 11) is 1.65. The zero-order valence-electron chi connectivity index (χ0n) is 16.7. The zero-order valence-corrected chi connectivity index (χ0v) is 16.7. The van der Waals surface area contributed by atoms with Crippen molar-refractivity contribution in [1.82, 2.24) is 14.8 Å². The van der Waals surface area contributed by atoms with Crippen LogP contribution >= 0.6 is 0 Å². The van der Waals surface area contributed by atoms with Crippen molar-refractivity contribution >= 4 is 0 Å². The van der Waals surface area contributed by atoms with E-state index in [1.807, 2.05) is 42.6 Å². The van der Waals surface area contributed by atoms with Gasteiger partial charge < -0.3 is 19.5 Å². The summed E-state index contributed by atoms with van der Waals surface area (Å²) in [6, 6.07) is 13.9. The number of aliphatic hydroxyl groups excluding tert-OH is 1. The fraction of sp³-hybridized carbons (Fsp3) is 0.500. The molecule has 0 radical (unpaired) electrons. The minimum absolute atomic E-state index is 0.353. The summed E-state index contributed by atoms with van der Waals surface area (Å²) in [4.78, 5) is 9.17. The summed E-state index contributed by atoms with van der Waals surface area (Å²) in [5.41, 5.74) is 2.23. The average Bonchev–Trinajstić information content (AvgIpc) is 2.74. The van der Waals surface area contributed by atoms with Crippen molar-refractivity contribution in [2.75, 3.05) is 53.0 Å². The Kier molecular flexibility index (Phi) is 8.23. The Morgan fingerprint density at radius 2 is 1.79 bits per heavy atom. The molecule has 2 heterocycles. The maximum absolute atomic E-state index is 10.3. The first-order valence-electron chi connectivity index (χ1n) is 9.96. The summed E-state index contributed by atoms with van der Waals surface area (Å²) in [5.74, 6) is 0.836. The van der Waals surface area contributed by atoms with Crippen molar-refractivity contribution in [2.45, 2.75) is 19.1 Å². The number of aromatic nitrogens is 1. The van der Waals surface area contributed by atoms with E-state index in [9.17, 15) is 5.11 Å². The summed E-state index contributed by atoms with van der Waals surface area (Å²) >= 11 is 0. The molecule has 3 rings (SSSR count). The second-order valence-electron chi connectivity index (χ2n) is 7.23. The topological polar surface area (TPSA) is 58.1 Å². The van der Waals surface area contributed by atoms with E-state index in [1.54, 1.807) is 7.11 Å². The normalized spacial score (nSPS) is 16.8. The SMILES string of the molecule is COc1ccc(COC[C@@H](O)CN2CCN(CCc3ccccn3)CC2)cc1. The molecule has 1 N–H and O–H groups in total. The van der Waals surface area contributed by atoms with Crippen molar-refractivity contribution in [3.05, 3.63) is 59.9 Å². The van der Waals surface area contributed by atoms with Crippen LogP contribution in [-0.4, -0.2) is 79.0 Å². The standard InChI is InChI=1S/C22H31N3O3/c1-27-22-7-5-19(6-8-22)17-28-18-21(26)16-25-14-12-24(13-15-25)11-9-20-4-2-3-10-23-20/h2-8,10,21,26H,9,11-18H2,1H3/t21-/m0/s1. The first-order chi connectivity index (χ1) is 13.7. The van der Waals surface area contributed by atoms with E-state index in [4.69, 9.17) is 9.47 Å². The maximum Gasteiger partial charge on any atom is 0.118 e. The number of benzene rings is 1. The van der Waals surface area contributed by atoms with Gasteiger partial charge in [0, 0.05) is 57.6 Å². The molecule has 0 spiro atoms. The molecule has 1 aromatic carbocycles. The lowest BCUT2D eigenvalue weighted by Gasteiger charge is -2.35. The molecule has 2 aromatic rings. The van der Waals surface area contributed by atoms with Gasteiger partial charge in [-0.3, -0.25) is 9.88 Å². The van der Waals surface area contributed by atoms with Gasteiger partial charge in [0.15, 0.2) is 0 Å². The van der Waals surface area contributed by atoms with Crippen LogP contribution in [0, 0.1) is 0 Å². The Morgan fingerprint density at radius 1 is 1.04 bits per heavy atom. The molecule has 6 heteroatoms. The molecular weight excluding hydrogens is 354 g/mol. The molecular formula is C22H31N3O3. The van der Waals surface area contributed by atoms with Crippen molar-refractivity contribution in [3.63, 3.8) is 0 Å². The van der Waals surface area contributed by atoms with Crippen LogP contribution in [0.5, 0.6) is 5.75 Å². The highest BCUT2D eigenvalue weighted by molar-refractivity contribution is 5.26. The Bertz CT molecular complexity index is 673. The second kappa shape index (κ2) is 11.1. The van der Waals surface area contributed by atoms with Gasteiger partial charge in [-0.2, -0.15) is 0 Å². The highest BCUT2D eigenvalue weighted by Gasteiger charge is 2.19. The molecule has 1 atom stereocenters. The monoisotopic (exact) mass is 385 g/mol. The number of pyridine rings is 1. The van der Waals surface area contributed by atoms with E-state index in [0.717, 1.165) is 56.2 Å². The zero-order chi connectivity index (χ0) is 19.6. The molecule has 0 bridgehead atoms. The van der Waals surface area contributed by atoms with Crippen LogP contribution in [0.15, 0.2) is 48.7 Å². The van der Waals surface area contributed by atoms with Gasteiger partial charge >= 0.3 is 0 Å². The van der Waals surface area contributed by atoms with Gasteiger partial charge in [0.05, 0.1) is 26.4 Å². The van der Waals surface area contributed by atoms with Gasteiger partial charge in [-0.25, -0.2) is 0 Å². The second-order valence-corrected chi connectivity index (χ2v) is 7.23. The lowest BCUT2D eigenvalue weighted by atomic mass is 10.2. The Labute approximate surface area is 167 Å². The third-order valence-electron chi connectivity index (χ3n) is 5.08. The molecule has 28 heavy (non-hydrogen) atoms. The third kappa shape index (κ3) is 6.87. The van der Waals surface area contributed by atoms with Crippen LogP contribution in [0.25, 0.3) is 0 Å². The highest BCUT2D eigenvalue weighted by atomic mass is 16.5. The van der Waals surface area contributed by atoms with Crippen molar-refractivity contribution < 1.29 is 14.6 Å². The molecule has 1 saturated heterocycles. The number of nitrogens with zero attached hydrogens (tertiary/aromatic N) is 3. The summed E-state index contributed by atoms with van der Waals surface area (Å²) < 4.78 is 10.8. The van der Waals surface area contributed by atoms with E-state index in [1.165, 1.54) is 0 Å². The number of aliphatic hydroxyl groups is 1. The first kappa shape index (κ1) is 20.7. The lowest BCUT2D eigenvalue weighted by Crippen LogP contribution is -2.49. The predicted octanol–water partition coefficient (Wildman–Crippen LogP) is 1.83. The molecule has 1 aliphatic rings. The van der Waals surface area contributed by atoms with E-state index < -0.39 is 6.10 Å². The van der Waals surface area contributed by atoms with Crippen LogP contribution in [0.4, 0.5) is 0 Å². The molecule has 1 aliphatic heterocycles. The molecule has 0 unspecified atom stereocenters. The van der Waals surface area contributed by atoms with Crippen molar-refractivity contribution in [1.29, 1.82) is 0 Å². The predicted molar refractivity (Wildman–Crippen MR) is 109 cm³/mol. The molecule has 0 saturated carbocycles. The van der Waals surface area contributed by atoms with Crippen molar-refractivity contribution in [3.8, 4) is 5.75 Å². The van der Waals surface area contributed by atoms with Gasteiger partial charge in [0.1, 0.15) is 5.75 Å². The van der Waals surface area contributed by atoms with Crippen molar-refractivity contribution in [2.24, 2.45) is 0 Å². The smallest absolute Gasteiger partial charge is 0.118 e. The number of ether oxygens (including phenoxy) is 2. The van der Waals surface area contributed by atoms with Gasteiger partial charge in [-0.05, 0) is 29.8 Å². The van der Waals surface area contributed by atoms with Gasteiger partial charge in [0.2, 0.25) is 0 Å². The van der Waals surface area contributed by atoms with Crippen LogP contribution < -0.4 is 4.74 Å². The average molecular weight is 386 g/mol. The number of piperazine rings is 1. The highest BCUT2D eigenvalue weighted by Crippen LogP contribution is 2.12. The summed E-state index contributed by atoms with van der Waals surface area (Å²) in [5, 5.41) is 10.3. The van der Waals surface area contributed by atoms with Crippen LogP contribution in [-0.2, 0) is 17.8 Å². The van der Waals surface area contributed by atoms with E-state index >= 15 is 0 Å². The lowest BCUT2D eigenvalue weighted by molar-refractivity contribution is 0.00149. The maximum atomic E-state index is 10.3. The fourth-order valence-electron chi connectivity index (χ4n) is 3.40. The largest absolute Gasteiger partial charge is 0.497 e. The number of hydrogen-bond acceptors (Lipinski definition) is 6. The van der Waals surface area contributed by atoms with Gasteiger partial charge in [-0.1, -0.05) is 18.2 Å². The van der Waals surface area contributed by atoms with Crippen LogP contribution in [0.1, 0.15) is 11.3 Å². The first-order valence-corrected chi connectivity index (χ1v) is 9.96. The summed E-state index contributed by atoms with van der Waals surface area (Å²) in [6.45, 7) is 6.59. The molecule has 0 amide bonds. The summed E-state index contributed by atoms with van der Waals surface area (Å²) in [6.07, 6.45) is 2.38. The number of β-amino-alcohol motifs (C(OH)–C–C–N with tert-alkyl or cyclic N) is 1. The fourth-order valence-corrected chi connectivity index (χ4v) is 3.40. The molecule has 1 fully saturated rings. The van der Waals surface area contributed by atoms with Crippen LogP contribution in [0.3, 0.4) is 0 Å². The number of methoxy groups -OCH3 is 1. The number of rotatable bonds is 10. The third-order valence-corrected chi connectivity index (χ3v) is 5.08. The van der Waals surface area contributed by atoms with E-state index in [2.05, 4.69) is 20.9 Å².